The van der Waals surface area contributed by atoms with E-state index in [0.717, 1.165) is 19.5 Å². The van der Waals surface area contributed by atoms with Gasteiger partial charge in [0.05, 0.1) is 21.7 Å². The molecular formula is C15H9Br2NO2S. The zero-order valence-electron chi connectivity index (χ0n) is 10.9. The molecular weight excluding hydrogens is 418 g/mol. The molecule has 0 radical (unpaired) electrons. The number of aromatic carboxylic acids is 1. The SMILES string of the molecule is Cc1c(-c2cccs2)nc2c(Br)cc(Br)cc2c1C(=O)O. The van der Waals surface area contributed by atoms with Gasteiger partial charge < -0.3 is 5.11 Å². The Morgan fingerprint density at radius 3 is 2.71 bits per heavy atom. The van der Waals surface area contributed by atoms with Gasteiger partial charge in [0.1, 0.15) is 0 Å². The summed E-state index contributed by atoms with van der Waals surface area (Å²) in [6, 6.07) is 7.54. The molecule has 0 spiro atoms. The van der Waals surface area contributed by atoms with Crippen LogP contribution in [0.5, 0.6) is 0 Å². The van der Waals surface area contributed by atoms with Gasteiger partial charge in [-0.05, 0) is 52.0 Å². The fourth-order valence-corrected chi connectivity index (χ4v) is 4.40. The number of fused-ring (bicyclic) bond motifs is 1. The number of carbonyl (C=O) groups is 1. The third-order valence-electron chi connectivity index (χ3n) is 3.22. The maximum Gasteiger partial charge on any atom is 0.336 e. The first-order chi connectivity index (χ1) is 9.99. The summed E-state index contributed by atoms with van der Waals surface area (Å²) >= 11 is 8.42. The van der Waals surface area contributed by atoms with Crippen LogP contribution in [0.2, 0.25) is 0 Å². The van der Waals surface area contributed by atoms with Gasteiger partial charge in [0.2, 0.25) is 0 Å². The predicted molar refractivity (Wildman–Crippen MR) is 92.2 cm³/mol. The van der Waals surface area contributed by atoms with E-state index in [4.69, 9.17) is 0 Å². The average Bonchev–Trinajstić information content (AvgIpc) is 2.91. The van der Waals surface area contributed by atoms with Gasteiger partial charge in [0.15, 0.2) is 0 Å². The van der Waals surface area contributed by atoms with Crippen LogP contribution in [-0.4, -0.2) is 16.1 Å². The smallest absolute Gasteiger partial charge is 0.336 e. The second-order valence-electron chi connectivity index (χ2n) is 4.53. The molecule has 3 rings (SSSR count). The molecule has 2 heterocycles. The molecule has 0 amide bonds. The molecule has 0 aliphatic heterocycles. The number of hydrogen-bond acceptors (Lipinski definition) is 3. The molecule has 0 unspecified atom stereocenters. The van der Waals surface area contributed by atoms with Gasteiger partial charge in [0, 0.05) is 14.3 Å². The van der Waals surface area contributed by atoms with E-state index < -0.39 is 5.97 Å². The zero-order chi connectivity index (χ0) is 15.1. The van der Waals surface area contributed by atoms with Crippen LogP contribution in [0, 0.1) is 6.92 Å². The van der Waals surface area contributed by atoms with Gasteiger partial charge in [-0.2, -0.15) is 0 Å². The van der Waals surface area contributed by atoms with Gasteiger partial charge >= 0.3 is 5.97 Å². The molecule has 0 saturated heterocycles. The fourth-order valence-electron chi connectivity index (χ4n) is 2.32. The lowest BCUT2D eigenvalue weighted by Crippen LogP contribution is -2.05. The maximum atomic E-state index is 11.7. The van der Waals surface area contributed by atoms with E-state index in [2.05, 4.69) is 36.8 Å². The van der Waals surface area contributed by atoms with Gasteiger partial charge in [-0.3, -0.25) is 0 Å². The van der Waals surface area contributed by atoms with Crippen molar-refractivity contribution in [2.45, 2.75) is 6.92 Å². The van der Waals surface area contributed by atoms with Gasteiger partial charge in [-0.1, -0.05) is 22.0 Å². The highest BCUT2D eigenvalue weighted by Crippen LogP contribution is 2.36. The van der Waals surface area contributed by atoms with Gasteiger partial charge in [0.25, 0.3) is 0 Å². The normalized spacial score (nSPS) is 11.0. The highest BCUT2D eigenvalue weighted by Gasteiger charge is 2.20. The molecule has 2 aromatic heterocycles. The average molecular weight is 427 g/mol. The minimum atomic E-state index is -0.942. The second kappa shape index (κ2) is 5.51. The van der Waals surface area contributed by atoms with Crippen molar-refractivity contribution in [1.29, 1.82) is 0 Å². The predicted octanol–water partition coefficient (Wildman–Crippen LogP) is 5.49. The summed E-state index contributed by atoms with van der Waals surface area (Å²) in [5.74, 6) is -0.942. The Morgan fingerprint density at radius 2 is 2.10 bits per heavy atom. The molecule has 0 atom stereocenters. The summed E-state index contributed by atoms with van der Waals surface area (Å²) < 4.78 is 1.58. The van der Waals surface area contributed by atoms with Crippen molar-refractivity contribution in [3.8, 4) is 10.6 Å². The molecule has 3 aromatic rings. The Kier molecular flexibility index (Phi) is 3.86. The Hall–Kier alpha value is -1.24. The van der Waals surface area contributed by atoms with Crippen molar-refractivity contribution in [1.82, 2.24) is 4.98 Å². The van der Waals surface area contributed by atoms with Crippen LogP contribution < -0.4 is 0 Å². The first-order valence-corrected chi connectivity index (χ1v) is 8.52. The van der Waals surface area contributed by atoms with E-state index in [1.165, 1.54) is 0 Å². The summed E-state index contributed by atoms with van der Waals surface area (Å²) in [5, 5.41) is 12.2. The highest BCUT2D eigenvalue weighted by molar-refractivity contribution is 9.11. The minimum absolute atomic E-state index is 0.297. The molecule has 0 aliphatic carbocycles. The Labute approximate surface area is 141 Å². The third kappa shape index (κ3) is 2.52. The topological polar surface area (TPSA) is 50.2 Å². The van der Waals surface area contributed by atoms with Crippen molar-refractivity contribution in [3.63, 3.8) is 0 Å². The molecule has 106 valence electrons. The van der Waals surface area contributed by atoms with Crippen molar-refractivity contribution in [2.75, 3.05) is 0 Å². The molecule has 0 saturated carbocycles. The molecule has 1 aromatic carbocycles. The lowest BCUT2D eigenvalue weighted by Gasteiger charge is -2.12. The zero-order valence-corrected chi connectivity index (χ0v) is 14.8. The Morgan fingerprint density at radius 1 is 1.33 bits per heavy atom. The van der Waals surface area contributed by atoms with Gasteiger partial charge in [-0.15, -0.1) is 11.3 Å². The Bertz CT molecular complexity index is 860. The lowest BCUT2D eigenvalue weighted by atomic mass is 10.0. The number of hydrogen-bond donors (Lipinski definition) is 1. The summed E-state index contributed by atoms with van der Waals surface area (Å²) in [6.45, 7) is 1.81. The van der Waals surface area contributed by atoms with E-state index in [1.54, 1.807) is 24.3 Å². The molecule has 3 nitrogen and oxygen atoms in total. The van der Waals surface area contributed by atoms with E-state index in [9.17, 15) is 9.90 Å². The Balaban J connectivity index is 2.48. The molecule has 0 aliphatic rings. The number of rotatable bonds is 2. The molecule has 0 fully saturated rings. The second-order valence-corrected chi connectivity index (χ2v) is 7.24. The van der Waals surface area contributed by atoms with Crippen molar-refractivity contribution in [3.05, 3.63) is 49.7 Å². The molecule has 1 N–H and O–H groups in total. The monoisotopic (exact) mass is 425 g/mol. The number of carboxylic acids is 1. The van der Waals surface area contributed by atoms with Crippen LogP contribution in [0.3, 0.4) is 0 Å². The number of benzene rings is 1. The summed E-state index contributed by atoms with van der Waals surface area (Å²) in [6.07, 6.45) is 0. The van der Waals surface area contributed by atoms with E-state index in [-0.39, 0.29) is 0 Å². The number of pyridine rings is 1. The van der Waals surface area contributed by atoms with Crippen LogP contribution in [0.4, 0.5) is 0 Å². The maximum absolute atomic E-state index is 11.7. The van der Waals surface area contributed by atoms with E-state index in [1.807, 2.05) is 23.6 Å². The third-order valence-corrected chi connectivity index (χ3v) is 5.16. The first kappa shape index (κ1) is 14.7. The number of carboxylic acid groups (broad SMARTS) is 1. The van der Waals surface area contributed by atoms with Gasteiger partial charge in [-0.25, -0.2) is 9.78 Å². The van der Waals surface area contributed by atoms with Crippen LogP contribution in [-0.2, 0) is 0 Å². The number of thiophene rings is 1. The van der Waals surface area contributed by atoms with Crippen molar-refractivity contribution in [2.24, 2.45) is 0 Å². The standard InChI is InChI=1S/C15H9Br2NO2S/c1-7-12(15(19)20)9-5-8(16)6-10(17)14(9)18-13(7)11-3-2-4-21-11/h2-6H,1H3,(H,19,20). The number of nitrogens with zero attached hydrogens (tertiary/aromatic N) is 1. The first-order valence-electron chi connectivity index (χ1n) is 6.05. The quantitative estimate of drug-likeness (QED) is 0.588. The summed E-state index contributed by atoms with van der Waals surface area (Å²) in [7, 11) is 0. The van der Waals surface area contributed by atoms with E-state index in [0.29, 0.717) is 22.0 Å². The number of aromatic nitrogens is 1. The molecule has 21 heavy (non-hydrogen) atoms. The van der Waals surface area contributed by atoms with E-state index >= 15 is 0 Å². The largest absolute Gasteiger partial charge is 0.478 e. The van der Waals surface area contributed by atoms with Crippen LogP contribution in [0.25, 0.3) is 21.5 Å². The van der Waals surface area contributed by atoms with Crippen LogP contribution >= 0.6 is 43.2 Å². The summed E-state index contributed by atoms with van der Waals surface area (Å²) in [4.78, 5) is 17.4. The van der Waals surface area contributed by atoms with Crippen molar-refractivity contribution < 1.29 is 9.90 Å². The fraction of sp³-hybridized carbons (Fsp3) is 0.0667. The summed E-state index contributed by atoms with van der Waals surface area (Å²) in [5.41, 5.74) is 2.36. The van der Waals surface area contributed by atoms with Crippen LogP contribution in [0.1, 0.15) is 15.9 Å². The molecule has 0 bridgehead atoms. The van der Waals surface area contributed by atoms with Crippen LogP contribution in [0.15, 0.2) is 38.6 Å². The molecule has 6 heteroatoms. The highest BCUT2D eigenvalue weighted by atomic mass is 79.9. The minimum Gasteiger partial charge on any atom is -0.478 e. The van der Waals surface area contributed by atoms with Crippen molar-refractivity contribution >= 4 is 60.1 Å². The lowest BCUT2D eigenvalue weighted by molar-refractivity contribution is 0.0698. The number of halogens is 2.